The Balaban J connectivity index is 2.02. The highest BCUT2D eigenvalue weighted by molar-refractivity contribution is 7.15. The van der Waals surface area contributed by atoms with Crippen LogP contribution in [0.15, 0.2) is 5.38 Å². The van der Waals surface area contributed by atoms with Crippen LogP contribution in [0.2, 0.25) is 0 Å². The van der Waals surface area contributed by atoms with Gasteiger partial charge in [0.2, 0.25) is 5.91 Å². The van der Waals surface area contributed by atoms with E-state index in [1.807, 2.05) is 5.38 Å². The van der Waals surface area contributed by atoms with Crippen molar-refractivity contribution in [3.8, 4) is 0 Å². The van der Waals surface area contributed by atoms with E-state index in [1.165, 1.54) is 11.3 Å². The Labute approximate surface area is 160 Å². The highest BCUT2D eigenvalue weighted by atomic mass is 32.1. The van der Waals surface area contributed by atoms with Crippen molar-refractivity contribution in [2.45, 2.75) is 34.1 Å². The first-order valence-electron chi connectivity index (χ1n) is 9.46. The number of carbonyl (C=O) groups excluding carboxylic acids is 2. The van der Waals surface area contributed by atoms with Crippen LogP contribution in [0.3, 0.4) is 0 Å². The number of rotatable bonds is 8. The molecular weight excluding hydrogens is 350 g/mol. The lowest BCUT2D eigenvalue weighted by Gasteiger charge is -2.33. The monoisotopic (exact) mass is 381 g/mol. The number of nitrogens with zero attached hydrogens (tertiary/aromatic N) is 2. The molecule has 2 heterocycles. The number of piperazine rings is 1. The number of esters is 1. The fraction of sp³-hybridized carbons (Fsp3) is 0.684. The smallest absolute Gasteiger partial charge is 0.341 e. The van der Waals surface area contributed by atoms with Gasteiger partial charge >= 0.3 is 5.97 Å². The molecule has 0 aromatic carbocycles. The number of amides is 1. The molecular formula is C19H31N3O3S. The minimum atomic E-state index is -0.351. The second-order valence-electron chi connectivity index (χ2n) is 7.04. The fourth-order valence-electron chi connectivity index (χ4n) is 3.14. The average molecular weight is 382 g/mol. The SMILES string of the molecule is CCOC(=O)c1c(CC(C)C)csc1NC(=O)CN1CCN(CC)CC1. The molecule has 1 aliphatic heterocycles. The summed E-state index contributed by atoms with van der Waals surface area (Å²) in [5.41, 5.74) is 1.48. The summed E-state index contributed by atoms with van der Waals surface area (Å²) in [4.78, 5) is 29.4. The van der Waals surface area contributed by atoms with Crippen molar-refractivity contribution >= 4 is 28.2 Å². The zero-order chi connectivity index (χ0) is 19.1. The normalized spacial score (nSPS) is 16.0. The Morgan fingerprint density at radius 3 is 2.42 bits per heavy atom. The maximum absolute atomic E-state index is 12.5. The number of nitrogens with one attached hydrogen (secondary N) is 1. The maximum Gasteiger partial charge on any atom is 0.341 e. The first kappa shape index (κ1) is 20.9. The minimum absolute atomic E-state index is 0.0709. The van der Waals surface area contributed by atoms with E-state index in [-0.39, 0.29) is 11.9 Å². The number of ether oxygens (including phenoxy) is 1. The molecule has 2 rings (SSSR count). The van der Waals surface area contributed by atoms with E-state index in [0.717, 1.165) is 44.7 Å². The summed E-state index contributed by atoms with van der Waals surface area (Å²) in [6.07, 6.45) is 0.791. The number of anilines is 1. The first-order chi connectivity index (χ1) is 12.4. The molecule has 7 heteroatoms. The van der Waals surface area contributed by atoms with Crippen molar-refractivity contribution < 1.29 is 14.3 Å². The molecule has 0 saturated carbocycles. The fourth-order valence-corrected chi connectivity index (χ4v) is 4.11. The molecule has 0 bridgehead atoms. The summed E-state index contributed by atoms with van der Waals surface area (Å²) in [6.45, 7) is 13.7. The lowest BCUT2D eigenvalue weighted by atomic mass is 10.0. The molecule has 0 aliphatic carbocycles. The van der Waals surface area contributed by atoms with Gasteiger partial charge in [0.15, 0.2) is 0 Å². The van der Waals surface area contributed by atoms with Crippen LogP contribution in [0.25, 0.3) is 0 Å². The molecule has 146 valence electrons. The topological polar surface area (TPSA) is 61.9 Å². The molecule has 1 N–H and O–H groups in total. The van der Waals surface area contributed by atoms with Gasteiger partial charge in [0.1, 0.15) is 5.00 Å². The summed E-state index contributed by atoms with van der Waals surface area (Å²) in [6, 6.07) is 0. The summed E-state index contributed by atoms with van der Waals surface area (Å²) in [5, 5.41) is 5.51. The highest BCUT2D eigenvalue weighted by Crippen LogP contribution is 2.31. The van der Waals surface area contributed by atoms with E-state index in [2.05, 4.69) is 35.9 Å². The zero-order valence-corrected chi connectivity index (χ0v) is 17.2. The van der Waals surface area contributed by atoms with Gasteiger partial charge in [0.25, 0.3) is 0 Å². The molecule has 26 heavy (non-hydrogen) atoms. The van der Waals surface area contributed by atoms with Crippen LogP contribution >= 0.6 is 11.3 Å². The summed E-state index contributed by atoms with van der Waals surface area (Å²) < 4.78 is 5.21. The quantitative estimate of drug-likeness (QED) is 0.702. The predicted octanol–water partition coefficient (Wildman–Crippen LogP) is 2.70. The van der Waals surface area contributed by atoms with E-state index in [0.29, 0.717) is 29.6 Å². The average Bonchev–Trinajstić information content (AvgIpc) is 2.97. The third kappa shape index (κ3) is 5.79. The van der Waals surface area contributed by atoms with Crippen LogP contribution in [-0.2, 0) is 16.0 Å². The van der Waals surface area contributed by atoms with Gasteiger partial charge in [0.05, 0.1) is 18.7 Å². The Hall–Kier alpha value is -1.44. The standard InChI is InChI=1S/C19H31N3O3S/c1-5-21-7-9-22(10-8-21)12-16(23)20-18-17(19(24)25-6-2)15(13-26-18)11-14(3)4/h13-14H,5-12H2,1-4H3,(H,20,23). The van der Waals surface area contributed by atoms with Crippen molar-refractivity contribution in [3.05, 3.63) is 16.5 Å². The van der Waals surface area contributed by atoms with Gasteiger partial charge in [-0.1, -0.05) is 20.8 Å². The van der Waals surface area contributed by atoms with Crippen LogP contribution in [0.1, 0.15) is 43.6 Å². The minimum Gasteiger partial charge on any atom is -0.462 e. The van der Waals surface area contributed by atoms with Crippen molar-refractivity contribution in [1.82, 2.24) is 9.80 Å². The molecule has 0 unspecified atom stereocenters. The van der Waals surface area contributed by atoms with Crippen LogP contribution in [-0.4, -0.2) is 67.6 Å². The van der Waals surface area contributed by atoms with Gasteiger partial charge in [-0.3, -0.25) is 9.69 Å². The third-order valence-electron chi connectivity index (χ3n) is 4.51. The third-order valence-corrected chi connectivity index (χ3v) is 5.45. The molecule has 6 nitrogen and oxygen atoms in total. The second-order valence-corrected chi connectivity index (χ2v) is 7.92. The molecule has 1 saturated heterocycles. The lowest BCUT2D eigenvalue weighted by molar-refractivity contribution is -0.117. The van der Waals surface area contributed by atoms with Gasteiger partial charge in [-0.15, -0.1) is 11.3 Å². The van der Waals surface area contributed by atoms with Gasteiger partial charge < -0.3 is 15.0 Å². The largest absolute Gasteiger partial charge is 0.462 e. The number of carbonyl (C=O) groups is 2. The Kier molecular flexibility index (Phi) is 8.06. The Morgan fingerprint density at radius 1 is 1.19 bits per heavy atom. The van der Waals surface area contributed by atoms with E-state index in [1.54, 1.807) is 6.92 Å². The van der Waals surface area contributed by atoms with Gasteiger partial charge in [-0.25, -0.2) is 4.79 Å². The summed E-state index contributed by atoms with van der Waals surface area (Å²) >= 11 is 1.41. The van der Waals surface area contributed by atoms with Crippen molar-refractivity contribution in [1.29, 1.82) is 0 Å². The number of hydrogen-bond acceptors (Lipinski definition) is 6. The lowest BCUT2D eigenvalue weighted by Crippen LogP contribution is -2.48. The van der Waals surface area contributed by atoms with Crippen molar-refractivity contribution in [3.63, 3.8) is 0 Å². The number of thiophene rings is 1. The Bertz CT molecular complexity index is 607. The molecule has 1 amide bonds. The van der Waals surface area contributed by atoms with E-state index >= 15 is 0 Å². The maximum atomic E-state index is 12.5. The zero-order valence-electron chi connectivity index (χ0n) is 16.3. The van der Waals surface area contributed by atoms with Crippen molar-refractivity contribution in [2.75, 3.05) is 51.2 Å². The molecule has 0 spiro atoms. The predicted molar refractivity (Wildman–Crippen MR) is 106 cm³/mol. The van der Waals surface area contributed by atoms with Crippen LogP contribution in [0.4, 0.5) is 5.00 Å². The summed E-state index contributed by atoms with van der Waals surface area (Å²) in [5.74, 6) is 0.00546. The number of hydrogen-bond donors (Lipinski definition) is 1. The molecule has 1 aromatic rings. The van der Waals surface area contributed by atoms with Gasteiger partial charge in [0, 0.05) is 26.2 Å². The molecule has 1 fully saturated rings. The first-order valence-corrected chi connectivity index (χ1v) is 10.3. The van der Waals surface area contributed by atoms with E-state index in [9.17, 15) is 9.59 Å². The van der Waals surface area contributed by atoms with Crippen LogP contribution in [0, 0.1) is 5.92 Å². The summed E-state index contributed by atoms with van der Waals surface area (Å²) in [7, 11) is 0. The van der Waals surface area contributed by atoms with Crippen molar-refractivity contribution in [2.24, 2.45) is 5.92 Å². The van der Waals surface area contributed by atoms with Gasteiger partial charge in [-0.2, -0.15) is 0 Å². The Morgan fingerprint density at radius 2 is 1.85 bits per heavy atom. The highest BCUT2D eigenvalue weighted by Gasteiger charge is 2.23. The van der Waals surface area contributed by atoms with E-state index in [4.69, 9.17) is 4.74 Å². The van der Waals surface area contributed by atoms with Gasteiger partial charge in [-0.05, 0) is 36.8 Å². The van der Waals surface area contributed by atoms with Crippen LogP contribution < -0.4 is 5.32 Å². The second kappa shape index (κ2) is 10.0. The molecule has 1 aromatic heterocycles. The van der Waals surface area contributed by atoms with Crippen LogP contribution in [0.5, 0.6) is 0 Å². The molecule has 1 aliphatic rings. The number of likely N-dealkylation sites (N-methyl/N-ethyl adjacent to an activating group) is 1. The molecule has 0 radical (unpaired) electrons. The van der Waals surface area contributed by atoms with E-state index < -0.39 is 0 Å². The molecule has 0 atom stereocenters.